The SMILES string of the molecule is Cc1ccc(N2c3cc(N(c4ccccc4)c4ccccc4)cc4c3B(c3cc5ccccc5cc3O4)c3c2cc(-n2c4ccc(C)cc4c4cc(C)ccc42)c2c3C(C)(C)c3ccccc3-2)cc1. The van der Waals surface area contributed by atoms with Gasteiger partial charge < -0.3 is 19.1 Å². The average molecular weight is 886 g/mol. The lowest BCUT2D eigenvalue weighted by molar-refractivity contribution is 0.488. The number of aryl methyl sites for hydroxylation is 3. The Morgan fingerprint density at radius 1 is 0.478 bits per heavy atom. The van der Waals surface area contributed by atoms with Gasteiger partial charge in [-0.3, -0.25) is 0 Å². The highest BCUT2D eigenvalue weighted by atomic mass is 16.5. The fourth-order valence-corrected chi connectivity index (χ4v) is 12.3. The first-order chi connectivity index (χ1) is 33.7. The standard InChI is InChI=1S/C64H48BN3O/c1-39-24-28-46(29-25-39)67-56-36-47(66(44-18-8-6-9-19-44)45-20-10-7-11-21-45)37-59-62(56)65(52-34-42-16-12-13-17-43(42)35-58(52)69-59)63-57(67)38-55(60-48-22-14-15-23-51(48)64(4,5)61(60)63)68-53-30-26-40(2)32-49(53)50-33-41(3)27-31-54(50)68/h6-38H,1-5H3. The zero-order valence-electron chi connectivity index (χ0n) is 39.4. The van der Waals surface area contributed by atoms with Crippen LogP contribution in [-0.4, -0.2) is 11.3 Å². The Kier molecular flexibility index (Phi) is 8.44. The fraction of sp³-hybridized carbons (Fsp3) is 0.0938. The molecule has 11 aromatic rings. The summed E-state index contributed by atoms with van der Waals surface area (Å²) in [5.74, 6) is 1.77. The third-order valence-corrected chi connectivity index (χ3v) is 15.3. The number of fused-ring (bicyclic) bond motifs is 12. The van der Waals surface area contributed by atoms with Crippen LogP contribution in [-0.2, 0) is 5.41 Å². The van der Waals surface area contributed by atoms with Crippen molar-refractivity contribution in [2.24, 2.45) is 0 Å². The van der Waals surface area contributed by atoms with Crippen molar-refractivity contribution in [3.05, 3.63) is 228 Å². The maximum absolute atomic E-state index is 7.39. The molecule has 0 spiro atoms. The van der Waals surface area contributed by atoms with E-state index in [0.29, 0.717) is 0 Å². The Morgan fingerprint density at radius 2 is 1.06 bits per heavy atom. The number of rotatable bonds is 5. The Morgan fingerprint density at radius 3 is 1.72 bits per heavy atom. The molecule has 3 heterocycles. The fourth-order valence-electron chi connectivity index (χ4n) is 12.3. The highest BCUT2D eigenvalue weighted by Gasteiger charge is 2.50. The number of anilines is 6. The summed E-state index contributed by atoms with van der Waals surface area (Å²) in [5.41, 5.74) is 22.5. The summed E-state index contributed by atoms with van der Waals surface area (Å²) in [7, 11) is 0. The smallest absolute Gasteiger partial charge is 0.256 e. The van der Waals surface area contributed by atoms with Crippen molar-refractivity contribution < 1.29 is 4.74 Å². The molecule has 0 saturated heterocycles. The van der Waals surface area contributed by atoms with Gasteiger partial charge in [-0.05, 0) is 143 Å². The van der Waals surface area contributed by atoms with Gasteiger partial charge in [-0.2, -0.15) is 0 Å². The van der Waals surface area contributed by atoms with E-state index < -0.39 is 0 Å². The first-order valence-electron chi connectivity index (χ1n) is 24.2. The van der Waals surface area contributed by atoms with Gasteiger partial charge in [-0.25, -0.2) is 0 Å². The van der Waals surface area contributed by atoms with Gasteiger partial charge in [-0.15, -0.1) is 0 Å². The Balaban J connectivity index is 1.17. The lowest BCUT2D eigenvalue weighted by Crippen LogP contribution is -2.61. The molecule has 5 heteroatoms. The molecule has 0 bridgehead atoms. The quantitative estimate of drug-likeness (QED) is 0.161. The maximum Gasteiger partial charge on any atom is 0.256 e. The largest absolute Gasteiger partial charge is 0.458 e. The van der Waals surface area contributed by atoms with Crippen LogP contribution in [0.15, 0.2) is 200 Å². The van der Waals surface area contributed by atoms with Crippen molar-refractivity contribution in [3.8, 4) is 28.3 Å². The van der Waals surface area contributed by atoms with E-state index >= 15 is 0 Å². The van der Waals surface area contributed by atoms with E-state index in [9.17, 15) is 0 Å². The van der Waals surface area contributed by atoms with Crippen LogP contribution >= 0.6 is 0 Å². The monoisotopic (exact) mass is 885 g/mol. The van der Waals surface area contributed by atoms with Gasteiger partial charge in [0.25, 0.3) is 6.71 Å². The number of benzene rings is 10. The molecule has 0 radical (unpaired) electrons. The number of ether oxygens (including phenoxy) is 1. The second-order valence-electron chi connectivity index (χ2n) is 20.0. The normalized spacial score (nSPS) is 13.8. The lowest BCUT2D eigenvalue weighted by atomic mass is 9.32. The highest BCUT2D eigenvalue weighted by molar-refractivity contribution is 7.00. The summed E-state index contributed by atoms with van der Waals surface area (Å²) in [6.07, 6.45) is 0. The predicted octanol–water partition coefficient (Wildman–Crippen LogP) is 15.0. The van der Waals surface area contributed by atoms with Crippen LogP contribution in [0, 0.1) is 20.8 Å². The van der Waals surface area contributed by atoms with E-state index in [1.165, 1.54) is 93.9 Å². The number of hydrogen-bond acceptors (Lipinski definition) is 3. The lowest BCUT2D eigenvalue weighted by Gasteiger charge is -2.43. The molecule has 0 atom stereocenters. The third kappa shape index (κ3) is 5.77. The summed E-state index contributed by atoms with van der Waals surface area (Å²) in [5, 5.41) is 4.91. The number of para-hydroxylation sites is 2. The van der Waals surface area contributed by atoms with Crippen molar-refractivity contribution in [3.63, 3.8) is 0 Å². The first kappa shape index (κ1) is 39.9. The molecular weight excluding hydrogens is 838 g/mol. The minimum absolute atomic E-state index is 0.143. The molecule has 3 aliphatic rings. The summed E-state index contributed by atoms with van der Waals surface area (Å²) < 4.78 is 9.96. The molecule has 69 heavy (non-hydrogen) atoms. The van der Waals surface area contributed by atoms with E-state index in [-0.39, 0.29) is 12.1 Å². The third-order valence-electron chi connectivity index (χ3n) is 15.3. The molecule has 0 unspecified atom stereocenters. The van der Waals surface area contributed by atoms with Crippen molar-refractivity contribution in [2.45, 2.75) is 40.0 Å². The van der Waals surface area contributed by atoms with Crippen molar-refractivity contribution in [2.75, 3.05) is 9.80 Å². The number of hydrogen-bond donors (Lipinski definition) is 0. The van der Waals surface area contributed by atoms with Gasteiger partial charge in [-0.1, -0.05) is 146 Å². The van der Waals surface area contributed by atoms with Crippen LogP contribution < -0.4 is 30.9 Å². The average Bonchev–Trinajstić information content (AvgIpc) is 3.81. The summed E-state index contributed by atoms with van der Waals surface area (Å²) >= 11 is 0. The molecule has 14 rings (SSSR count). The van der Waals surface area contributed by atoms with E-state index in [0.717, 1.165) is 45.3 Å². The van der Waals surface area contributed by atoms with Gasteiger partial charge in [0.2, 0.25) is 0 Å². The molecule has 1 aliphatic carbocycles. The van der Waals surface area contributed by atoms with Crippen molar-refractivity contribution in [1.82, 2.24) is 4.57 Å². The van der Waals surface area contributed by atoms with Crippen molar-refractivity contribution >= 4 is 89.8 Å². The molecule has 328 valence electrons. The predicted molar refractivity (Wildman–Crippen MR) is 291 cm³/mol. The Labute approximate surface area is 403 Å². The Bertz CT molecular complexity index is 3850. The van der Waals surface area contributed by atoms with Crippen LogP contribution in [0.4, 0.5) is 34.1 Å². The van der Waals surface area contributed by atoms with Crippen LogP contribution in [0.1, 0.15) is 41.7 Å². The summed E-state index contributed by atoms with van der Waals surface area (Å²) in [6, 6.07) is 74.3. The molecule has 0 fully saturated rings. The molecule has 2 aliphatic heterocycles. The zero-order chi connectivity index (χ0) is 46.3. The maximum atomic E-state index is 7.39. The topological polar surface area (TPSA) is 20.6 Å². The van der Waals surface area contributed by atoms with Crippen LogP contribution in [0.5, 0.6) is 11.5 Å². The second-order valence-corrected chi connectivity index (χ2v) is 20.0. The van der Waals surface area contributed by atoms with E-state index in [1.54, 1.807) is 0 Å². The van der Waals surface area contributed by atoms with E-state index in [2.05, 4.69) is 249 Å². The van der Waals surface area contributed by atoms with Gasteiger partial charge in [0, 0.05) is 56.3 Å². The molecule has 0 saturated carbocycles. The summed E-state index contributed by atoms with van der Waals surface area (Å²) in [6.45, 7) is 11.4. The van der Waals surface area contributed by atoms with Crippen LogP contribution in [0.2, 0.25) is 0 Å². The van der Waals surface area contributed by atoms with Crippen LogP contribution in [0.3, 0.4) is 0 Å². The molecular formula is C64H48BN3O. The molecule has 0 N–H and O–H groups in total. The zero-order valence-corrected chi connectivity index (χ0v) is 39.4. The minimum Gasteiger partial charge on any atom is -0.458 e. The van der Waals surface area contributed by atoms with Gasteiger partial charge in [0.1, 0.15) is 11.5 Å². The number of nitrogens with zero attached hydrogens (tertiary/aromatic N) is 3. The van der Waals surface area contributed by atoms with E-state index in [1.807, 2.05) is 0 Å². The van der Waals surface area contributed by atoms with Crippen molar-refractivity contribution in [1.29, 1.82) is 0 Å². The minimum atomic E-state index is -0.360. The van der Waals surface area contributed by atoms with Gasteiger partial charge in [0.15, 0.2) is 0 Å². The first-order valence-corrected chi connectivity index (χ1v) is 24.2. The number of aromatic nitrogens is 1. The second kappa shape index (κ2) is 14.6. The molecule has 4 nitrogen and oxygen atoms in total. The van der Waals surface area contributed by atoms with Crippen LogP contribution in [0.25, 0.3) is 49.4 Å². The highest BCUT2D eigenvalue weighted by Crippen LogP contribution is 2.55. The molecule has 1 aromatic heterocycles. The molecule has 10 aromatic carbocycles. The molecule has 0 amide bonds. The van der Waals surface area contributed by atoms with Gasteiger partial charge >= 0.3 is 0 Å². The van der Waals surface area contributed by atoms with Gasteiger partial charge in [0.05, 0.1) is 22.4 Å². The Hall–Kier alpha value is -8.28. The van der Waals surface area contributed by atoms with E-state index in [4.69, 9.17) is 4.74 Å². The summed E-state index contributed by atoms with van der Waals surface area (Å²) in [4.78, 5) is 4.92.